The zero-order chi connectivity index (χ0) is 17.8. The number of oxazole rings is 1. The third-order valence-electron chi connectivity index (χ3n) is 3.87. The van der Waals surface area contributed by atoms with Crippen LogP contribution in [0.5, 0.6) is 0 Å². The van der Waals surface area contributed by atoms with Gasteiger partial charge in [0.25, 0.3) is 5.22 Å². The normalized spacial score (nSPS) is 12.2. The number of carbonyl (C=O) groups excluding carboxylic acids is 1. The molecule has 0 radical (unpaired) electrons. The Balaban J connectivity index is 1.45. The highest BCUT2D eigenvalue weighted by Gasteiger charge is 2.18. The highest BCUT2D eigenvalue weighted by molar-refractivity contribution is 7.99. The van der Waals surface area contributed by atoms with Gasteiger partial charge in [0.1, 0.15) is 5.52 Å². The van der Waals surface area contributed by atoms with E-state index >= 15 is 0 Å². The van der Waals surface area contributed by atoms with Crippen molar-refractivity contribution in [1.82, 2.24) is 10.3 Å². The van der Waals surface area contributed by atoms with E-state index in [9.17, 15) is 4.79 Å². The highest BCUT2D eigenvalue weighted by Crippen LogP contribution is 2.27. The van der Waals surface area contributed by atoms with Crippen LogP contribution in [0.3, 0.4) is 0 Å². The molecule has 4 rings (SSSR count). The molecule has 0 unspecified atom stereocenters. The number of thioether (sulfide) groups is 1. The van der Waals surface area contributed by atoms with Crippen LogP contribution in [0, 0.1) is 0 Å². The molecule has 6 heteroatoms. The first-order valence-corrected chi connectivity index (χ1v) is 10.0. The lowest BCUT2D eigenvalue weighted by molar-refractivity contribution is -0.119. The predicted octanol–water partition coefficient (Wildman–Crippen LogP) is 4.89. The van der Waals surface area contributed by atoms with Gasteiger partial charge in [0.15, 0.2) is 5.58 Å². The van der Waals surface area contributed by atoms with Gasteiger partial charge in [-0.25, -0.2) is 4.98 Å². The van der Waals surface area contributed by atoms with Crippen molar-refractivity contribution < 1.29 is 9.21 Å². The molecule has 1 amide bonds. The lowest BCUT2D eigenvalue weighted by Gasteiger charge is -2.17. The highest BCUT2D eigenvalue weighted by atomic mass is 32.2. The zero-order valence-electron chi connectivity index (χ0n) is 13.8. The first kappa shape index (κ1) is 16.9. The standard InChI is InChI=1S/C20H16N2O2S2/c23-18(13-26-20-21-15-9-4-5-10-16(15)24-20)22-19(17-11-6-12-25-17)14-7-2-1-3-8-14/h1-12,19H,13H2,(H,22,23)/t19-/m0/s1. The van der Waals surface area contributed by atoms with Crippen LogP contribution in [0.4, 0.5) is 0 Å². The fourth-order valence-electron chi connectivity index (χ4n) is 2.66. The van der Waals surface area contributed by atoms with Crippen LogP contribution in [0.25, 0.3) is 11.1 Å². The zero-order valence-corrected chi connectivity index (χ0v) is 15.4. The molecule has 0 bridgehead atoms. The summed E-state index contributed by atoms with van der Waals surface area (Å²) in [4.78, 5) is 18.0. The second-order valence-electron chi connectivity index (χ2n) is 5.66. The number of para-hydroxylation sites is 2. The summed E-state index contributed by atoms with van der Waals surface area (Å²) in [6.45, 7) is 0. The Kier molecular flexibility index (Phi) is 5.04. The quantitative estimate of drug-likeness (QED) is 0.484. The van der Waals surface area contributed by atoms with Crippen LogP contribution < -0.4 is 5.32 Å². The first-order valence-electron chi connectivity index (χ1n) is 8.16. The van der Waals surface area contributed by atoms with E-state index in [0.717, 1.165) is 21.5 Å². The van der Waals surface area contributed by atoms with Gasteiger partial charge in [0.05, 0.1) is 11.8 Å². The fraction of sp³-hybridized carbons (Fsp3) is 0.100. The van der Waals surface area contributed by atoms with Crippen molar-refractivity contribution in [1.29, 1.82) is 0 Å². The minimum atomic E-state index is -0.145. The Hall–Kier alpha value is -2.57. The molecule has 2 aromatic carbocycles. The molecule has 0 saturated heterocycles. The van der Waals surface area contributed by atoms with Crippen LogP contribution >= 0.6 is 23.1 Å². The molecule has 0 spiro atoms. The number of benzene rings is 2. The number of amides is 1. The van der Waals surface area contributed by atoms with E-state index in [2.05, 4.69) is 10.3 Å². The lowest BCUT2D eigenvalue weighted by Crippen LogP contribution is -2.30. The molecule has 4 aromatic rings. The van der Waals surface area contributed by atoms with Crippen molar-refractivity contribution in [2.24, 2.45) is 0 Å². The molecule has 0 fully saturated rings. The SMILES string of the molecule is O=C(CSc1nc2ccccc2o1)N[C@@H](c1ccccc1)c1cccs1. The topological polar surface area (TPSA) is 55.1 Å². The molecule has 26 heavy (non-hydrogen) atoms. The van der Waals surface area contributed by atoms with Gasteiger partial charge in [-0.1, -0.05) is 60.3 Å². The van der Waals surface area contributed by atoms with Gasteiger partial charge in [-0.05, 0) is 29.1 Å². The minimum absolute atomic E-state index is 0.0560. The number of nitrogens with one attached hydrogen (secondary N) is 1. The molecule has 0 aliphatic heterocycles. The van der Waals surface area contributed by atoms with Gasteiger partial charge in [-0.15, -0.1) is 11.3 Å². The molecule has 2 aromatic heterocycles. The molecule has 130 valence electrons. The van der Waals surface area contributed by atoms with Gasteiger partial charge in [0.2, 0.25) is 5.91 Å². The Morgan fingerprint density at radius 1 is 1.08 bits per heavy atom. The summed E-state index contributed by atoms with van der Waals surface area (Å²) in [6.07, 6.45) is 0. The molecule has 0 saturated carbocycles. The van der Waals surface area contributed by atoms with Crippen LogP contribution in [0.1, 0.15) is 16.5 Å². The van der Waals surface area contributed by atoms with E-state index in [4.69, 9.17) is 4.42 Å². The Morgan fingerprint density at radius 3 is 2.65 bits per heavy atom. The second-order valence-corrected chi connectivity index (χ2v) is 7.57. The number of aromatic nitrogens is 1. The number of fused-ring (bicyclic) bond motifs is 1. The van der Waals surface area contributed by atoms with Crippen molar-refractivity contribution in [3.05, 3.63) is 82.6 Å². The summed E-state index contributed by atoms with van der Waals surface area (Å²) in [5.74, 6) is 0.196. The van der Waals surface area contributed by atoms with Gasteiger partial charge < -0.3 is 9.73 Å². The average Bonchev–Trinajstić information content (AvgIpc) is 3.34. The summed E-state index contributed by atoms with van der Waals surface area (Å²) in [7, 11) is 0. The third-order valence-corrected chi connectivity index (χ3v) is 5.63. The van der Waals surface area contributed by atoms with Gasteiger partial charge >= 0.3 is 0 Å². The first-order chi connectivity index (χ1) is 12.8. The Bertz CT molecular complexity index is 964. The second kappa shape index (κ2) is 7.76. The molecule has 4 nitrogen and oxygen atoms in total. The summed E-state index contributed by atoms with van der Waals surface area (Å²) in [5, 5.41) is 5.65. The maximum atomic E-state index is 12.5. The Morgan fingerprint density at radius 2 is 1.88 bits per heavy atom. The number of rotatable bonds is 6. The minimum Gasteiger partial charge on any atom is -0.431 e. The molecular formula is C20H16N2O2S2. The van der Waals surface area contributed by atoms with Crippen LogP contribution in [0.15, 0.2) is 81.8 Å². The van der Waals surface area contributed by atoms with Crippen molar-refractivity contribution >= 4 is 40.1 Å². The molecule has 1 N–H and O–H groups in total. The van der Waals surface area contributed by atoms with Gasteiger partial charge in [-0.2, -0.15) is 0 Å². The number of nitrogens with zero attached hydrogens (tertiary/aromatic N) is 1. The molecular weight excluding hydrogens is 364 g/mol. The molecule has 0 aliphatic carbocycles. The van der Waals surface area contributed by atoms with Crippen molar-refractivity contribution in [3.8, 4) is 0 Å². The van der Waals surface area contributed by atoms with Crippen LogP contribution in [0.2, 0.25) is 0 Å². The maximum absolute atomic E-state index is 12.5. The van der Waals surface area contributed by atoms with Crippen molar-refractivity contribution in [2.75, 3.05) is 5.75 Å². The van der Waals surface area contributed by atoms with Gasteiger partial charge in [0, 0.05) is 4.88 Å². The average molecular weight is 380 g/mol. The molecule has 2 heterocycles. The molecule has 0 aliphatic rings. The van der Waals surface area contributed by atoms with E-state index in [1.807, 2.05) is 72.1 Å². The number of carbonyl (C=O) groups is 1. The van der Waals surface area contributed by atoms with E-state index in [-0.39, 0.29) is 17.7 Å². The monoisotopic (exact) mass is 380 g/mol. The van der Waals surface area contributed by atoms with E-state index in [1.54, 1.807) is 11.3 Å². The molecule has 1 atom stereocenters. The number of hydrogen-bond acceptors (Lipinski definition) is 5. The number of hydrogen-bond donors (Lipinski definition) is 1. The Labute approximate surface area is 159 Å². The van der Waals surface area contributed by atoms with Crippen molar-refractivity contribution in [3.63, 3.8) is 0 Å². The van der Waals surface area contributed by atoms with Crippen LogP contribution in [-0.2, 0) is 4.79 Å². The summed E-state index contributed by atoms with van der Waals surface area (Å²) in [6, 6.07) is 21.5. The summed E-state index contributed by atoms with van der Waals surface area (Å²) >= 11 is 2.94. The predicted molar refractivity (Wildman–Crippen MR) is 105 cm³/mol. The van der Waals surface area contributed by atoms with E-state index in [1.165, 1.54) is 11.8 Å². The summed E-state index contributed by atoms with van der Waals surface area (Å²) in [5.41, 5.74) is 2.60. The van der Waals surface area contributed by atoms with Crippen molar-refractivity contribution in [2.45, 2.75) is 11.3 Å². The largest absolute Gasteiger partial charge is 0.431 e. The fourth-order valence-corrected chi connectivity index (χ4v) is 4.11. The maximum Gasteiger partial charge on any atom is 0.257 e. The smallest absolute Gasteiger partial charge is 0.257 e. The van der Waals surface area contributed by atoms with E-state index < -0.39 is 0 Å². The number of thiophene rings is 1. The van der Waals surface area contributed by atoms with Gasteiger partial charge in [-0.3, -0.25) is 4.79 Å². The van der Waals surface area contributed by atoms with E-state index in [0.29, 0.717) is 5.22 Å². The van der Waals surface area contributed by atoms with Crippen LogP contribution in [-0.4, -0.2) is 16.6 Å². The lowest BCUT2D eigenvalue weighted by atomic mass is 10.1. The third kappa shape index (κ3) is 3.81. The summed E-state index contributed by atoms with van der Waals surface area (Å²) < 4.78 is 5.65.